The second kappa shape index (κ2) is 8.35. The Morgan fingerprint density at radius 3 is 2.26 bits per heavy atom. The quantitative estimate of drug-likeness (QED) is 0.430. The van der Waals surface area contributed by atoms with E-state index in [9.17, 15) is 9.59 Å². The molecule has 1 aromatic heterocycles. The third kappa shape index (κ3) is 4.54. The maximum Gasteiger partial charge on any atom is 0.284 e. The number of benzene rings is 2. The van der Waals surface area contributed by atoms with Gasteiger partial charge >= 0.3 is 0 Å². The van der Waals surface area contributed by atoms with Gasteiger partial charge in [0.15, 0.2) is 0 Å². The molecule has 0 saturated heterocycles. The first kappa shape index (κ1) is 19.1. The van der Waals surface area contributed by atoms with Gasteiger partial charge in [-0.2, -0.15) is 0 Å². The normalized spacial score (nSPS) is 11.7. The second-order valence-corrected chi connectivity index (χ2v) is 7.46. The minimum Gasteiger partial charge on any atom is -0.345 e. The van der Waals surface area contributed by atoms with Crippen LogP contribution in [0.2, 0.25) is 5.02 Å². The largest absolute Gasteiger partial charge is 0.345 e. The van der Waals surface area contributed by atoms with Gasteiger partial charge in [-0.15, -0.1) is 11.3 Å². The van der Waals surface area contributed by atoms with Crippen LogP contribution in [0.5, 0.6) is 0 Å². The highest BCUT2D eigenvalue weighted by molar-refractivity contribution is 7.15. The summed E-state index contributed by atoms with van der Waals surface area (Å²) in [5, 5.41) is 12.3. The second-order valence-electron chi connectivity index (χ2n) is 5.94. The van der Waals surface area contributed by atoms with Crippen molar-refractivity contribution in [1.29, 1.82) is 0 Å². The lowest BCUT2D eigenvalue weighted by Gasteiger charge is -2.15. The molecule has 1 unspecified atom stereocenters. The molecule has 0 aliphatic carbocycles. The zero-order chi connectivity index (χ0) is 19.4. The molecule has 3 N–H and O–H groups in total. The van der Waals surface area contributed by atoms with Crippen LogP contribution in [0.1, 0.15) is 37.9 Å². The summed E-state index contributed by atoms with van der Waals surface area (Å²) < 4.78 is 0. The first-order valence-corrected chi connectivity index (χ1v) is 9.38. The molecule has 0 aliphatic rings. The van der Waals surface area contributed by atoms with Crippen LogP contribution in [0, 0.1) is 0 Å². The van der Waals surface area contributed by atoms with Crippen LogP contribution in [0.4, 0.5) is 0 Å². The monoisotopic (exact) mass is 400 g/mol. The van der Waals surface area contributed by atoms with Gasteiger partial charge in [0, 0.05) is 5.02 Å². The average molecular weight is 401 g/mol. The van der Waals surface area contributed by atoms with Gasteiger partial charge in [-0.05, 0) is 53.9 Å². The van der Waals surface area contributed by atoms with Crippen molar-refractivity contribution in [3.63, 3.8) is 0 Å². The van der Waals surface area contributed by atoms with Gasteiger partial charge in [-0.1, -0.05) is 41.9 Å². The maximum atomic E-state index is 12.4. The lowest BCUT2D eigenvalue weighted by molar-refractivity contribution is 0.0711. The third-order valence-corrected chi connectivity index (χ3v) is 5.37. The molecule has 0 spiro atoms. The molecule has 2 amide bonds. The Balaban J connectivity index is 1.75. The minimum atomic E-state index is -0.638. The maximum absolute atomic E-state index is 12.4. The fourth-order valence-electron chi connectivity index (χ4n) is 2.64. The van der Waals surface area contributed by atoms with Crippen molar-refractivity contribution in [2.75, 3.05) is 0 Å². The summed E-state index contributed by atoms with van der Waals surface area (Å²) in [4.78, 5) is 24.5. The van der Waals surface area contributed by atoms with Gasteiger partial charge in [0.1, 0.15) is 0 Å². The van der Waals surface area contributed by atoms with Gasteiger partial charge in [0.2, 0.25) is 0 Å². The van der Waals surface area contributed by atoms with Crippen molar-refractivity contribution in [2.24, 2.45) is 0 Å². The standard InChI is InChI=1S/C20H17ClN2O3S/c1-12(22-19(24)17-8-9-18(27-17)20(25)23-26)13-4-2-5-14(10-13)15-6-3-7-16(21)11-15/h2-12,26H,1H3,(H,22,24)(H,23,25). The summed E-state index contributed by atoms with van der Waals surface area (Å²) in [7, 11) is 0. The predicted octanol–water partition coefficient (Wildman–Crippen LogP) is 4.68. The number of carbonyl (C=O) groups is 2. The first-order valence-electron chi connectivity index (χ1n) is 8.19. The molecule has 0 fully saturated rings. The molecule has 1 heterocycles. The molecule has 27 heavy (non-hydrogen) atoms. The van der Waals surface area contributed by atoms with Crippen LogP contribution in [-0.4, -0.2) is 17.0 Å². The van der Waals surface area contributed by atoms with Crippen molar-refractivity contribution < 1.29 is 14.8 Å². The molecule has 7 heteroatoms. The average Bonchev–Trinajstić information content (AvgIpc) is 3.18. The van der Waals surface area contributed by atoms with Gasteiger partial charge in [0.25, 0.3) is 11.8 Å². The number of hydrogen-bond donors (Lipinski definition) is 3. The van der Waals surface area contributed by atoms with E-state index in [0.29, 0.717) is 9.90 Å². The predicted molar refractivity (Wildman–Crippen MR) is 106 cm³/mol. The third-order valence-electron chi connectivity index (χ3n) is 4.05. The van der Waals surface area contributed by atoms with Crippen LogP contribution in [0.25, 0.3) is 11.1 Å². The van der Waals surface area contributed by atoms with Gasteiger partial charge < -0.3 is 5.32 Å². The lowest BCUT2D eigenvalue weighted by atomic mass is 10.00. The van der Waals surface area contributed by atoms with E-state index in [1.807, 2.05) is 55.5 Å². The highest BCUT2D eigenvalue weighted by Crippen LogP contribution is 2.26. The molecule has 3 aromatic rings. The molecule has 5 nitrogen and oxygen atoms in total. The van der Waals surface area contributed by atoms with Crippen LogP contribution >= 0.6 is 22.9 Å². The molecule has 0 aliphatic heterocycles. The Bertz CT molecular complexity index is 987. The zero-order valence-corrected chi connectivity index (χ0v) is 16.0. The van der Waals surface area contributed by atoms with E-state index < -0.39 is 5.91 Å². The van der Waals surface area contributed by atoms with Crippen LogP contribution in [0.15, 0.2) is 60.7 Å². The molecule has 138 valence electrons. The number of amides is 2. The van der Waals surface area contributed by atoms with Crippen molar-refractivity contribution in [1.82, 2.24) is 10.8 Å². The fourth-order valence-corrected chi connectivity index (χ4v) is 3.63. The Morgan fingerprint density at radius 1 is 0.963 bits per heavy atom. The number of rotatable bonds is 5. The fraction of sp³-hybridized carbons (Fsp3) is 0.100. The van der Waals surface area contributed by atoms with Crippen LogP contribution in [-0.2, 0) is 0 Å². The van der Waals surface area contributed by atoms with Gasteiger partial charge in [-0.3, -0.25) is 14.8 Å². The molecule has 0 saturated carbocycles. The molecule has 0 radical (unpaired) electrons. The Labute approximate surface area is 165 Å². The number of hydrogen-bond acceptors (Lipinski definition) is 4. The molecular formula is C20H17ClN2O3S. The smallest absolute Gasteiger partial charge is 0.284 e. The minimum absolute atomic E-state index is 0.228. The summed E-state index contributed by atoms with van der Waals surface area (Å²) >= 11 is 7.08. The number of thiophene rings is 1. The van der Waals surface area contributed by atoms with E-state index in [2.05, 4.69) is 5.32 Å². The molecular weight excluding hydrogens is 384 g/mol. The van der Waals surface area contributed by atoms with E-state index in [-0.39, 0.29) is 16.8 Å². The number of halogens is 1. The number of nitrogens with one attached hydrogen (secondary N) is 2. The zero-order valence-electron chi connectivity index (χ0n) is 14.4. The van der Waals surface area contributed by atoms with E-state index >= 15 is 0 Å². The SMILES string of the molecule is CC(NC(=O)c1ccc(C(=O)NO)s1)c1cccc(-c2cccc(Cl)c2)c1. The van der Waals surface area contributed by atoms with Crippen LogP contribution < -0.4 is 10.8 Å². The Morgan fingerprint density at radius 2 is 1.59 bits per heavy atom. The Kier molecular flexibility index (Phi) is 5.91. The highest BCUT2D eigenvalue weighted by atomic mass is 35.5. The Hall–Kier alpha value is -2.67. The molecule has 1 atom stereocenters. The van der Waals surface area contributed by atoms with Gasteiger partial charge in [0.05, 0.1) is 15.8 Å². The number of carbonyl (C=O) groups excluding carboxylic acids is 2. The summed E-state index contributed by atoms with van der Waals surface area (Å²) in [5.74, 6) is -0.918. The molecule has 0 bridgehead atoms. The van der Waals surface area contributed by atoms with E-state index in [1.54, 1.807) is 11.5 Å². The van der Waals surface area contributed by atoms with Crippen LogP contribution in [0.3, 0.4) is 0 Å². The van der Waals surface area contributed by atoms with E-state index in [0.717, 1.165) is 28.0 Å². The van der Waals surface area contributed by atoms with Crippen molar-refractivity contribution in [3.8, 4) is 11.1 Å². The summed E-state index contributed by atoms with van der Waals surface area (Å²) in [5.41, 5.74) is 4.52. The van der Waals surface area contributed by atoms with Crippen molar-refractivity contribution in [2.45, 2.75) is 13.0 Å². The molecule has 3 rings (SSSR count). The topological polar surface area (TPSA) is 78.4 Å². The molecule has 2 aromatic carbocycles. The van der Waals surface area contributed by atoms with E-state index in [1.165, 1.54) is 6.07 Å². The lowest BCUT2D eigenvalue weighted by Crippen LogP contribution is -2.25. The number of hydroxylamine groups is 1. The summed E-state index contributed by atoms with van der Waals surface area (Å²) in [6, 6.07) is 18.3. The first-order chi connectivity index (χ1) is 13.0. The highest BCUT2D eigenvalue weighted by Gasteiger charge is 2.16. The summed E-state index contributed by atoms with van der Waals surface area (Å²) in [6.45, 7) is 1.89. The van der Waals surface area contributed by atoms with Gasteiger partial charge in [-0.25, -0.2) is 5.48 Å². The van der Waals surface area contributed by atoms with Crippen molar-refractivity contribution >= 4 is 34.8 Å². The van der Waals surface area contributed by atoms with Crippen molar-refractivity contribution in [3.05, 3.63) is 81.0 Å². The summed E-state index contributed by atoms with van der Waals surface area (Å²) in [6.07, 6.45) is 0. The van der Waals surface area contributed by atoms with E-state index in [4.69, 9.17) is 16.8 Å².